The molecule has 0 aromatic carbocycles. The largest absolute Gasteiger partial charge is 0.464 e. The molecule has 0 bridgehead atoms. The minimum absolute atomic E-state index is 0.320. The molecule has 132 valence electrons. The molecular weight excluding hydrogens is 308 g/mol. The van der Waals surface area contributed by atoms with Gasteiger partial charge in [0.15, 0.2) is 11.1 Å². The van der Waals surface area contributed by atoms with E-state index in [1.165, 1.54) is 0 Å². The van der Waals surface area contributed by atoms with Crippen molar-refractivity contribution in [2.45, 2.75) is 76.3 Å². The van der Waals surface area contributed by atoms with Gasteiger partial charge in [-0.05, 0) is 65.2 Å². The van der Waals surface area contributed by atoms with Crippen LogP contribution in [0.2, 0.25) is 0 Å². The van der Waals surface area contributed by atoms with Gasteiger partial charge in [-0.15, -0.1) is 0 Å². The van der Waals surface area contributed by atoms with E-state index in [9.17, 15) is 9.59 Å². The fraction of sp³-hybridized carbons (Fsp3) is 0.778. The first-order valence-electron chi connectivity index (χ1n) is 9.12. The van der Waals surface area contributed by atoms with Crippen molar-refractivity contribution < 1.29 is 19.1 Å². The van der Waals surface area contributed by atoms with Crippen molar-refractivity contribution >= 4 is 23.4 Å². The number of esters is 2. The Balaban J connectivity index is 2.07. The first kappa shape index (κ1) is 17.1. The van der Waals surface area contributed by atoms with Crippen LogP contribution in [0.3, 0.4) is 0 Å². The lowest BCUT2D eigenvalue weighted by atomic mass is 9.73. The maximum absolute atomic E-state index is 12.7. The molecule has 2 unspecified atom stereocenters. The van der Waals surface area contributed by atoms with Crippen LogP contribution in [-0.4, -0.2) is 47.7 Å². The maximum Gasteiger partial charge on any atom is 0.339 e. The molecular formula is C18H26N2O4. The van der Waals surface area contributed by atoms with Gasteiger partial charge in [0.2, 0.25) is 0 Å². The van der Waals surface area contributed by atoms with E-state index in [-0.39, 0.29) is 11.9 Å². The summed E-state index contributed by atoms with van der Waals surface area (Å²) in [4.78, 5) is 35.1. The molecule has 3 aliphatic rings. The number of hydrogen-bond donors (Lipinski definition) is 0. The molecule has 6 heteroatoms. The summed E-state index contributed by atoms with van der Waals surface area (Å²) in [6.07, 6.45) is 6.38. The Morgan fingerprint density at radius 1 is 0.833 bits per heavy atom. The minimum atomic E-state index is -1.00. The zero-order valence-electron chi connectivity index (χ0n) is 14.6. The second-order valence-electron chi connectivity index (χ2n) is 6.69. The predicted molar refractivity (Wildman–Crippen MR) is 90.5 cm³/mol. The second kappa shape index (κ2) is 6.65. The molecule has 0 saturated heterocycles. The average molecular weight is 334 g/mol. The van der Waals surface area contributed by atoms with Crippen molar-refractivity contribution in [1.82, 2.24) is 0 Å². The highest BCUT2D eigenvalue weighted by Crippen LogP contribution is 2.42. The predicted octanol–water partition coefficient (Wildman–Crippen LogP) is 2.63. The Morgan fingerprint density at radius 3 is 1.62 bits per heavy atom. The van der Waals surface area contributed by atoms with Crippen LogP contribution in [0.4, 0.5) is 0 Å². The molecule has 0 spiro atoms. The number of hydrogen-bond acceptors (Lipinski definition) is 6. The minimum Gasteiger partial charge on any atom is -0.464 e. The van der Waals surface area contributed by atoms with Crippen molar-refractivity contribution in [3.05, 3.63) is 0 Å². The standard InChI is InChI=1S/C18H26N2O4/c1-3-23-15(21)17-11-7-5-9-13(17)20-18(16(22)24-4-2)12-8-6-10-14(18)19-17/h3-12H2,1-2H3. The van der Waals surface area contributed by atoms with Crippen molar-refractivity contribution in [3.8, 4) is 0 Å². The topological polar surface area (TPSA) is 77.3 Å². The van der Waals surface area contributed by atoms with Crippen LogP contribution in [-0.2, 0) is 19.1 Å². The molecule has 2 saturated carbocycles. The third kappa shape index (κ3) is 2.56. The zero-order chi connectivity index (χ0) is 17.2. The third-order valence-electron chi connectivity index (χ3n) is 5.24. The Hall–Kier alpha value is -1.72. The number of carbonyl (C=O) groups excluding carboxylic acids is 2. The first-order chi connectivity index (χ1) is 11.6. The highest BCUT2D eigenvalue weighted by Gasteiger charge is 2.56. The van der Waals surface area contributed by atoms with E-state index in [2.05, 4.69) is 0 Å². The summed E-state index contributed by atoms with van der Waals surface area (Å²) in [6, 6.07) is 0. The number of ether oxygens (including phenoxy) is 2. The molecule has 3 rings (SSSR count). The maximum atomic E-state index is 12.7. The van der Waals surface area contributed by atoms with Crippen LogP contribution >= 0.6 is 0 Å². The molecule has 1 aliphatic heterocycles. The van der Waals surface area contributed by atoms with Crippen molar-refractivity contribution in [1.29, 1.82) is 0 Å². The Bertz CT molecular complexity index is 546. The van der Waals surface area contributed by atoms with Gasteiger partial charge in [-0.1, -0.05) is 0 Å². The van der Waals surface area contributed by atoms with Gasteiger partial charge >= 0.3 is 11.9 Å². The van der Waals surface area contributed by atoms with Crippen molar-refractivity contribution in [3.63, 3.8) is 0 Å². The third-order valence-corrected chi connectivity index (χ3v) is 5.24. The molecule has 0 aromatic rings. The van der Waals surface area contributed by atoms with Gasteiger partial charge in [-0.25, -0.2) is 9.59 Å². The number of rotatable bonds is 4. The molecule has 2 aliphatic carbocycles. The monoisotopic (exact) mass is 334 g/mol. The van der Waals surface area contributed by atoms with Crippen LogP contribution < -0.4 is 0 Å². The summed E-state index contributed by atoms with van der Waals surface area (Å²) >= 11 is 0. The zero-order valence-corrected chi connectivity index (χ0v) is 14.6. The van der Waals surface area contributed by atoms with Gasteiger partial charge in [0.05, 0.1) is 24.6 Å². The summed E-state index contributed by atoms with van der Waals surface area (Å²) in [5.74, 6) is -0.641. The molecule has 24 heavy (non-hydrogen) atoms. The summed E-state index contributed by atoms with van der Waals surface area (Å²) in [7, 11) is 0. The SMILES string of the molecule is CCOC(=O)C12CCCCC1=NC1(C(=O)OCC)CCCCC1=N2. The summed E-state index contributed by atoms with van der Waals surface area (Å²) < 4.78 is 10.6. The van der Waals surface area contributed by atoms with Crippen LogP contribution in [0.1, 0.15) is 65.2 Å². The van der Waals surface area contributed by atoms with Crippen molar-refractivity contribution in [2.75, 3.05) is 13.2 Å². The van der Waals surface area contributed by atoms with Gasteiger partial charge in [0, 0.05) is 0 Å². The molecule has 2 atom stereocenters. The van der Waals surface area contributed by atoms with E-state index in [1.807, 2.05) is 0 Å². The van der Waals surface area contributed by atoms with E-state index in [1.54, 1.807) is 13.8 Å². The number of fused-ring (bicyclic) bond motifs is 2. The van der Waals surface area contributed by atoms with Crippen LogP contribution in [0.15, 0.2) is 9.98 Å². The molecule has 0 N–H and O–H groups in total. The van der Waals surface area contributed by atoms with Crippen molar-refractivity contribution in [2.24, 2.45) is 9.98 Å². The number of nitrogens with zero attached hydrogens (tertiary/aromatic N) is 2. The smallest absolute Gasteiger partial charge is 0.339 e. The number of carbonyl (C=O) groups is 2. The summed E-state index contributed by atoms with van der Waals surface area (Å²) in [5.41, 5.74) is -0.578. The Kier molecular flexibility index (Phi) is 4.74. The first-order valence-corrected chi connectivity index (χ1v) is 9.12. The van der Waals surface area contributed by atoms with Crippen LogP contribution in [0.5, 0.6) is 0 Å². The normalized spacial score (nSPS) is 31.9. The van der Waals surface area contributed by atoms with Gasteiger partial charge in [0.25, 0.3) is 0 Å². The van der Waals surface area contributed by atoms with E-state index in [0.29, 0.717) is 50.3 Å². The van der Waals surface area contributed by atoms with E-state index >= 15 is 0 Å². The summed E-state index contributed by atoms with van der Waals surface area (Å²) in [6.45, 7) is 4.24. The van der Waals surface area contributed by atoms with Crippen LogP contribution in [0, 0.1) is 0 Å². The lowest BCUT2D eigenvalue weighted by Gasteiger charge is -2.43. The highest BCUT2D eigenvalue weighted by atomic mass is 16.5. The van der Waals surface area contributed by atoms with E-state index in [4.69, 9.17) is 19.5 Å². The highest BCUT2D eigenvalue weighted by molar-refractivity contribution is 6.22. The quantitative estimate of drug-likeness (QED) is 0.741. The Morgan fingerprint density at radius 2 is 1.25 bits per heavy atom. The Labute approximate surface area is 142 Å². The fourth-order valence-electron chi connectivity index (χ4n) is 4.08. The van der Waals surface area contributed by atoms with Gasteiger partial charge in [0.1, 0.15) is 0 Å². The lowest BCUT2D eigenvalue weighted by Crippen LogP contribution is -2.59. The van der Waals surface area contributed by atoms with E-state index < -0.39 is 11.1 Å². The summed E-state index contributed by atoms with van der Waals surface area (Å²) in [5, 5.41) is 0. The molecule has 0 amide bonds. The molecule has 0 radical (unpaired) electrons. The van der Waals surface area contributed by atoms with Gasteiger partial charge in [-0.3, -0.25) is 9.98 Å². The van der Waals surface area contributed by atoms with Crippen LogP contribution in [0.25, 0.3) is 0 Å². The molecule has 0 aromatic heterocycles. The molecule has 6 nitrogen and oxygen atoms in total. The second-order valence-corrected chi connectivity index (χ2v) is 6.69. The number of aliphatic imine (C=N–C) groups is 2. The lowest BCUT2D eigenvalue weighted by molar-refractivity contribution is -0.149. The molecule has 1 heterocycles. The molecule has 2 fully saturated rings. The average Bonchev–Trinajstić information content (AvgIpc) is 2.60. The van der Waals surface area contributed by atoms with Gasteiger partial charge < -0.3 is 9.47 Å². The van der Waals surface area contributed by atoms with E-state index in [0.717, 1.165) is 25.7 Å². The fourth-order valence-corrected chi connectivity index (χ4v) is 4.08. The van der Waals surface area contributed by atoms with Gasteiger partial charge in [-0.2, -0.15) is 0 Å².